The van der Waals surface area contributed by atoms with Gasteiger partial charge in [0.25, 0.3) is 0 Å². The Bertz CT molecular complexity index is 264. The van der Waals surface area contributed by atoms with Crippen LogP contribution in [0.4, 0.5) is 0 Å². The van der Waals surface area contributed by atoms with E-state index in [9.17, 15) is 0 Å². The van der Waals surface area contributed by atoms with Crippen molar-refractivity contribution in [2.45, 2.75) is 38.6 Å². The van der Waals surface area contributed by atoms with Crippen LogP contribution in [-0.4, -0.2) is 20.3 Å². The Balaban J connectivity index is 2.46. The summed E-state index contributed by atoms with van der Waals surface area (Å²) in [5.41, 5.74) is 1.39. The van der Waals surface area contributed by atoms with Gasteiger partial charge in [0.2, 0.25) is 0 Å². The summed E-state index contributed by atoms with van der Waals surface area (Å²) in [5.74, 6) is 0. The monoisotopic (exact) mass is 235 g/mol. The second kappa shape index (κ2) is 9.20. The van der Waals surface area contributed by atoms with Crippen molar-refractivity contribution in [3.05, 3.63) is 35.9 Å². The van der Waals surface area contributed by atoms with E-state index in [1.807, 2.05) is 0 Å². The second-order valence-corrected chi connectivity index (χ2v) is 4.41. The van der Waals surface area contributed by atoms with Gasteiger partial charge in [-0.3, -0.25) is 0 Å². The highest BCUT2D eigenvalue weighted by Crippen LogP contribution is 2.19. The summed E-state index contributed by atoms with van der Waals surface area (Å²) < 4.78 is 5.09. The fraction of sp³-hybridized carbons (Fsp3) is 0.600. The van der Waals surface area contributed by atoms with E-state index in [2.05, 4.69) is 42.6 Å². The minimum absolute atomic E-state index is 0.470. The Morgan fingerprint density at radius 2 is 1.94 bits per heavy atom. The molecule has 17 heavy (non-hydrogen) atoms. The lowest BCUT2D eigenvalue weighted by Crippen LogP contribution is -2.25. The van der Waals surface area contributed by atoms with Gasteiger partial charge in [0.1, 0.15) is 0 Å². The van der Waals surface area contributed by atoms with Gasteiger partial charge in [-0.05, 0) is 12.0 Å². The van der Waals surface area contributed by atoms with Crippen molar-refractivity contribution >= 4 is 0 Å². The molecule has 0 saturated carbocycles. The first-order valence-electron chi connectivity index (χ1n) is 6.65. The molecule has 0 fully saturated rings. The van der Waals surface area contributed by atoms with Gasteiger partial charge in [0.15, 0.2) is 0 Å². The van der Waals surface area contributed by atoms with Crippen LogP contribution in [0.5, 0.6) is 0 Å². The fourth-order valence-corrected chi connectivity index (χ4v) is 2.01. The molecule has 1 atom stereocenters. The van der Waals surface area contributed by atoms with Crippen LogP contribution in [0.15, 0.2) is 30.3 Å². The maximum atomic E-state index is 5.09. The van der Waals surface area contributed by atoms with E-state index in [4.69, 9.17) is 4.74 Å². The Labute approximate surface area is 105 Å². The largest absolute Gasteiger partial charge is 0.383 e. The molecule has 0 saturated heterocycles. The summed E-state index contributed by atoms with van der Waals surface area (Å²) in [5, 5.41) is 3.57. The Hall–Kier alpha value is -0.860. The second-order valence-electron chi connectivity index (χ2n) is 4.41. The summed E-state index contributed by atoms with van der Waals surface area (Å²) in [7, 11) is 1.75. The third-order valence-electron chi connectivity index (χ3n) is 3.00. The molecule has 0 aliphatic heterocycles. The van der Waals surface area contributed by atoms with E-state index >= 15 is 0 Å². The predicted molar refractivity (Wildman–Crippen MR) is 73.2 cm³/mol. The summed E-state index contributed by atoms with van der Waals surface area (Å²) >= 11 is 0. The molecular weight excluding hydrogens is 210 g/mol. The Morgan fingerprint density at radius 3 is 2.59 bits per heavy atom. The molecular formula is C15H25NO. The number of methoxy groups -OCH3 is 1. The molecule has 1 unspecified atom stereocenters. The molecule has 1 rings (SSSR count). The number of unbranched alkanes of at least 4 members (excludes halogenated alkanes) is 2. The zero-order valence-electron chi connectivity index (χ0n) is 11.1. The third-order valence-corrected chi connectivity index (χ3v) is 3.00. The number of nitrogens with one attached hydrogen (secondary N) is 1. The smallest absolute Gasteiger partial charge is 0.0587 e. The van der Waals surface area contributed by atoms with Gasteiger partial charge in [-0.2, -0.15) is 0 Å². The van der Waals surface area contributed by atoms with Gasteiger partial charge in [-0.1, -0.05) is 56.5 Å². The van der Waals surface area contributed by atoms with Crippen LogP contribution >= 0.6 is 0 Å². The van der Waals surface area contributed by atoms with Gasteiger partial charge >= 0.3 is 0 Å². The minimum atomic E-state index is 0.470. The van der Waals surface area contributed by atoms with E-state index in [-0.39, 0.29) is 0 Å². The highest BCUT2D eigenvalue weighted by Gasteiger charge is 2.09. The average Bonchev–Trinajstić information content (AvgIpc) is 2.38. The lowest BCUT2D eigenvalue weighted by Gasteiger charge is -2.19. The molecule has 2 nitrogen and oxygen atoms in total. The topological polar surface area (TPSA) is 21.3 Å². The highest BCUT2D eigenvalue weighted by atomic mass is 16.5. The molecule has 1 aromatic rings. The third kappa shape index (κ3) is 5.85. The van der Waals surface area contributed by atoms with Crippen LogP contribution in [0.25, 0.3) is 0 Å². The van der Waals surface area contributed by atoms with Gasteiger partial charge in [-0.15, -0.1) is 0 Å². The van der Waals surface area contributed by atoms with Crippen molar-refractivity contribution in [1.29, 1.82) is 0 Å². The first-order valence-corrected chi connectivity index (χ1v) is 6.65. The molecule has 2 heteroatoms. The summed E-state index contributed by atoms with van der Waals surface area (Å²) in [6.07, 6.45) is 5.09. The molecule has 0 spiro atoms. The quantitative estimate of drug-likeness (QED) is 0.661. The number of ether oxygens (including phenoxy) is 1. The van der Waals surface area contributed by atoms with Gasteiger partial charge in [0.05, 0.1) is 6.61 Å². The van der Waals surface area contributed by atoms with E-state index in [1.54, 1.807) is 7.11 Å². The molecule has 0 heterocycles. The first kappa shape index (κ1) is 14.2. The van der Waals surface area contributed by atoms with Crippen LogP contribution in [-0.2, 0) is 4.74 Å². The SMILES string of the molecule is CCCCCC(NCCOC)c1ccccc1. The molecule has 1 aromatic carbocycles. The van der Waals surface area contributed by atoms with Crippen LogP contribution in [0, 0.1) is 0 Å². The molecule has 0 aliphatic carbocycles. The zero-order valence-corrected chi connectivity index (χ0v) is 11.1. The number of hydrogen-bond donors (Lipinski definition) is 1. The normalized spacial score (nSPS) is 12.6. The average molecular weight is 235 g/mol. The van der Waals surface area contributed by atoms with E-state index in [1.165, 1.54) is 31.2 Å². The van der Waals surface area contributed by atoms with Crippen molar-refractivity contribution in [3.8, 4) is 0 Å². The highest BCUT2D eigenvalue weighted by molar-refractivity contribution is 5.18. The Morgan fingerprint density at radius 1 is 1.18 bits per heavy atom. The van der Waals surface area contributed by atoms with Crippen LogP contribution in [0.1, 0.15) is 44.2 Å². The molecule has 96 valence electrons. The van der Waals surface area contributed by atoms with Crippen molar-refractivity contribution in [3.63, 3.8) is 0 Å². The number of hydrogen-bond acceptors (Lipinski definition) is 2. The summed E-state index contributed by atoms with van der Waals surface area (Å²) in [6.45, 7) is 3.94. The zero-order chi connectivity index (χ0) is 12.3. The van der Waals surface area contributed by atoms with Crippen molar-refractivity contribution in [1.82, 2.24) is 5.32 Å². The number of benzene rings is 1. The number of rotatable bonds is 9. The van der Waals surface area contributed by atoms with E-state index < -0.39 is 0 Å². The van der Waals surface area contributed by atoms with Gasteiger partial charge in [0, 0.05) is 19.7 Å². The molecule has 0 amide bonds. The maximum absolute atomic E-state index is 5.09. The van der Waals surface area contributed by atoms with Crippen molar-refractivity contribution in [2.75, 3.05) is 20.3 Å². The first-order chi connectivity index (χ1) is 8.38. The summed E-state index contributed by atoms with van der Waals surface area (Å²) in [6, 6.07) is 11.2. The predicted octanol–water partition coefficient (Wildman–Crippen LogP) is 3.54. The lowest BCUT2D eigenvalue weighted by molar-refractivity contribution is 0.195. The van der Waals surface area contributed by atoms with Gasteiger partial charge in [-0.25, -0.2) is 0 Å². The molecule has 1 N–H and O–H groups in total. The molecule has 0 aliphatic rings. The maximum Gasteiger partial charge on any atom is 0.0587 e. The van der Waals surface area contributed by atoms with E-state index in [0.717, 1.165) is 13.2 Å². The fourth-order valence-electron chi connectivity index (χ4n) is 2.01. The van der Waals surface area contributed by atoms with E-state index in [0.29, 0.717) is 6.04 Å². The molecule has 0 radical (unpaired) electrons. The van der Waals surface area contributed by atoms with Crippen molar-refractivity contribution in [2.24, 2.45) is 0 Å². The standard InChI is InChI=1S/C15H25NO/c1-3-4-6-11-15(16-12-13-17-2)14-9-7-5-8-10-14/h5,7-10,15-16H,3-4,6,11-13H2,1-2H3. The van der Waals surface area contributed by atoms with Crippen LogP contribution in [0.3, 0.4) is 0 Å². The van der Waals surface area contributed by atoms with Crippen LogP contribution < -0.4 is 5.32 Å². The lowest BCUT2D eigenvalue weighted by atomic mass is 10.0. The van der Waals surface area contributed by atoms with Crippen molar-refractivity contribution < 1.29 is 4.74 Å². The minimum Gasteiger partial charge on any atom is -0.383 e. The molecule has 0 bridgehead atoms. The molecule has 0 aromatic heterocycles. The summed E-state index contributed by atoms with van der Waals surface area (Å²) in [4.78, 5) is 0. The van der Waals surface area contributed by atoms with Crippen LogP contribution in [0.2, 0.25) is 0 Å². The van der Waals surface area contributed by atoms with Gasteiger partial charge < -0.3 is 10.1 Å². The Kier molecular flexibility index (Phi) is 7.69.